The normalized spacial score (nSPS) is 10.1. The van der Waals surface area contributed by atoms with Gasteiger partial charge in [0.05, 0.1) is 0 Å². The number of benzene rings is 2. The second-order valence-corrected chi connectivity index (χ2v) is 7.43. The van der Waals surface area contributed by atoms with Gasteiger partial charge in [-0.1, -0.05) is 0 Å². The van der Waals surface area contributed by atoms with Gasteiger partial charge in [-0.3, -0.25) is 0 Å². The molecular weight excluding hydrogens is 713 g/mol. The Morgan fingerprint density at radius 3 is 2.25 bits per heavy atom. The van der Waals surface area contributed by atoms with Crippen LogP contribution in [0, 0.1) is 0 Å². The van der Waals surface area contributed by atoms with E-state index in [1.54, 1.807) is 30.3 Å². The van der Waals surface area contributed by atoms with Crippen molar-refractivity contribution in [3.8, 4) is 11.5 Å². The summed E-state index contributed by atoms with van der Waals surface area (Å²) in [5.41, 5.74) is 0.377. The Balaban J connectivity index is 2.02. The molecule has 2 aromatic carbocycles. The van der Waals surface area contributed by atoms with E-state index in [1.807, 2.05) is 0 Å². The van der Waals surface area contributed by atoms with Crippen molar-refractivity contribution >= 4 is 63.9 Å². The van der Waals surface area contributed by atoms with Crippen LogP contribution in [0.15, 0.2) is 42.5 Å². The minimum atomic E-state index is -1.18. The molecule has 0 aliphatic carbocycles. The molecule has 150 valence electrons. The first-order valence-electron chi connectivity index (χ1n) is 7.38. The zero-order chi connectivity index (χ0) is 20.5. The third-order valence-electron chi connectivity index (χ3n) is 3.29. The molecular formula is C17H12I3O8-. The van der Waals surface area contributed by atoms with E-state index >= 15 is 0 Å². The molecule has 0 N–H and O–H groups in total. The third kappa shape index (κ3) is 6.07. The first-order valence-corrected chi connectivity index (χ1v) is 11.5. The summed E-state index contributed by atoms with van der Waals surface area (Å²) < 4.78 is 25.3. The molecule has 28 heavy (non-hydrogen) atoms. The van der Waals surface area contributed by atoms with Crippen LogP contribution in [0.3, 0.4) is 0 Å². The van der Waals surface area contributed by atoms with Crippen molar-refractivity contribution in [1.82, 2.24) is 0 Å². The number of alkyl halides is 1. The summed E-state index contributed by atoms with van der Waals surface area (Å²) in [7, 11) is 1.44. The van der Waals surface area contributed by atoms with Gasteiger partial charge in [0.1, 0.15) is 0 Å². The number of methoxy groups -OCH3 is 1. The minimum absolute atomic E-state index is 0.0367. The molecule has 0 aliphatic rings. The predicted molar refractivity (Wildman–Crippen MR) is 109 cm³/mol. The molecule has 0 fully saturated rings. The number of carbonyl (C=O) groups excluding carboxylic acids is 3. The third-order valence-corrected chi connectivity index (χ3v) is 5.37. The number of hydrogen-bond donors (Lipinski definition) is 0. The second kappa shape index (κ2) is 11.6. The van der Waals surface area contributed by atoms with Crippen LogP contribution in [0.25, 0.3) is 0 Å². The van der Waals surface area contributed by atoms with Crippen molar-refractivity contribution in [2.24, 2.45) is 0 Å². The Morgan fingerprint density at radius 1 is 0.893 bits per heavy atom. The molecule has 8 nitrogen and oxygen atoms in total. The Hall–Kier alpha value is -1.36. The second-order valence-electron chi connectivity index (χ2n) is 4.86. The fraction of sp³-hybridized carbons (Fsp3) is 0.118. The van der Waals surface area contributed by atoms with Gasteiger partial charge in [0.2, 0.25) is 0 Å². The Kier molecular flexibility index (Phi) is 9.49. The van der Waals surface area contributed by atoms with Gasteiger partial charge in [0.25, 0.3) is 0 Å². The molecule has 0 aromatic heterocycles. The summed E-state index contributed by atoms with van der Waals surface area (Å²) in [6.45, 7) is 0. The monoisotopic (exact) mass is 725 g/mol. The number of para-hydroxylation sites is 1. The van der Waals surface area contributed by atoms with E-state index in [0.717, 1.165) is 0 Å². The average Bonchev–Trinajstić information content (AvgIpc) is 2.75. The quantitative estimate of drug-likeness (QED) is 0.226. The maximum absolute atomic E-state index is 12.4. The van der Waals surface area contributed by atoms with Crippen molar-refractivity contribution in [1.29, 1.82) is 0 Å². The summed E-state index contributed by atoms with van der Waals surface area (Å²) in [5, 5.41) is 0. The average molecular weight is 725 g/mol. The molecule has 0 heterocycles. The van der Waals surface area contributed by atoms with Gasteiger partial charge in [-0.15, -0.1) is 0 Å². The number of halogens is 3. The van der Waals surface area contributed by atoms with Gasteiger partial charge in [0, 0.05) is 0 Å². The Bertz CT molecular complexity index is 871. The molecule has 0 atom stereocenters. The van der Waals surface area contributed by atoms with E-state index in [1.165, 1.54) is 65.3 Å². The zero-order valence-electron chi connectivity index (χ0n) is 14.1. The number of hydrogen-bond acceptors (Lipinski definition) is 8. The molecule has 0 radical (unpaired) electrons. The summed E-state index contributed by atoms with van der Waals surface area (Å²) in [5.74, 6) is -1.17. The van der Waals surface area contributed by atoms with Crippen LogP contribution in [0.1, 0.15) is 31.1 Å². The Morgan fingerprint density at radius 2 is 1.57 bits per heavy atom. The Labute approximate surface area is 199 Å². The topological polar surface area (TPSA) is 97.4 Å². The molecule has 0 spiro atoms. The number of rotatable bonds is 8. The van der Waals surface area contributed by atoms with Crippen molar-refractivity contribution < 1.29 is 54.7 Å². The van der Waals surface area contributed by atoms with E-state index < -0.39 is 39.5 Å². The summed E-state index contributed by atoms with van der Waals surface area (Å²) in [4.78, 5) is 35.9. The summed E-state index contributed by atoms with van der Waals surface area (Å²) in [6, 6.07) is 11.0. The summed E-state index contributed by atoms with van der Waals surface area (Å²) in [6.07, 6.45) is 0. The van der Waals surface area contributed by atoms with Crippen LogP contribution in [0.4, 0.5) is 0 Å². The first-order chi connectivity index (χ1) is 13.5. The molecule has 0 unspecified atom stereocenters. The van der Waals surface area contributed by atoms with E-state index in [2.05, 4.69) is 6.13 Å². The van der Waals surface area contributed by atoms with Crippen LogP contribution in [0.2, 0.25) is 0 Å². The molecule has 11 heteroatoms. The van der Waals surface area contributed by atoms with Gasteiger partial charge in [-0.25, -0.2) is 0 Å². The SMILES string of the molecule is COc1ccc(C(=O)OI)c(C(=O)O[I-]COc2ccccc2C(=O)OI)c1. The molecule has 0 amide bonds. The van der Waals surface area contributed by atoms with Crippen molar-refractivity contribution in [3.63, 3.8) is 0 Å². The van der Waals surface area contributed by atoms with E-state index in [4.69, 9.17) is 12.5 Å². The van der Waals surface area contributed by atoms with Crippen LogP contribution in [-0.4, -0.2) is 29.6 Å². The van der Waals surface area contributed by atoms with Crippen molar-refractivity contribution in [2.75, 3.05) is 11.7 Å². The van der Waals surface area contributed by atoms with E-state index in [-0.39, 0.29) is 21.3 Å². The number of carbonyl (C=O) groups is 3. The predicted octanol–water partition coefficient (Wildman–Crippen LogP) is 0.906. The van der Waals surface area contributed by atoms with Crippen LogP contribution >= 0.6 is 46.0 Å². The molecule has 0 saturated heterocycles. The molecule has 2 rings (SSSR count). The zero-order valence-corrected chi connectivity index (χ0v) is 20.6. The van der Waals surface area contributed by atoms with Crippen molar-refractivity contribution in [3.05, 3.63) is 59.2 Å². The number of ether oxygens (including phenoxy) is 2. The molecule has 0 aliphatic heterocycles. The molecule has 2 aromatic rings. The fourth-order valence-corrected chi connectivity index (χ4v) is 3.62. The van der Waals surface area contributed by atoms with Gasteiger partial charge >= 0.3 is 201 Å². The van der Waals surface area contributed by atoms with Crippen LogP contribution in [-0.2, 0) is 9.20 Å². The van der Waals surface area contributed by atoms with Gasteiger partial charge in [-0.05, 0) is 0 Å². The summed E-state index contributed by atoms with van der Waals surface area (Å²) >= 11 is 1.76. The maximum atomic E-state index is 12.4. The van der Waals surface area contributed by atoms with Crippen LogP contribution in [0.5, 0.6) is 11.5 Å². The van der Waals surface area contributed by atoms with Gasteiger partial charge in [0.15, 0.2) is 0 Å². The van der Waals surface area contributed by atoms with Crippen LogP contribution < -0.4 is 31.1 Å². The van der Waals surface area contributed by atoms with E-state index in [9.17, 15) is 14.4 Å². The molecule has 0 bridgehead atoms. The van der Waals surface area contributed by atoms with E-state index in [0.29, 0.717) is 11.5 Å². The van der Waals surface area contributed by atoms with Crippen molar-refractivity contribution in [2.45, 2.75) is 0 Å². The van der Waals surface area contributed by atoms with Gasteiger partial charge < -0.3 is 0 Å². The molecule has 0 saturated carbocycles. The fourth-order valence-electron chi connectivity index (χ4n) is 2.04. The van der Waals surface area contributed by atoms with Gasteiger partial charge in [-0.2, -0.15) is 0 Å². The first kappa shape index (κ1) is 22.9. The standard InChI is InChI=1S/C17H12I3O8/c1-24-10-6-7-11(15(21)26-18)13(8-10)17(23)28-20-9-25-14-5-3-2-4-12(14)16(22)27-19/h2-8H,9H2,1H3/q-1.